The SMILES string of the molecule is C[N+](C)(C)Cc1ccc(CNC(=O)c2cc3ccccc3n2Cc2cccc(C(=N)N)c2)cc1.O=C([O-])C(F)(F)F. The van der Waals surface area contributed by atoms with Crippen LogP contribution in [0, 0.1) is 5.41 Å². The van der Waals surface area contributed by atoms with E-state index in [1.54, 1.807) is 0 Å². The number of halogens is 3. The van der Waals surface area contributed by atoms with E-state index >= 15 is 0 Å². The Hall–Kier alpha value is -4.64. The molecule has 0 bridgehead atoms. The van der Waals surface area contributed by atoms with Gasteiger partial charge in [0.2, 0.25) is 0 Å². The van der Waals surface area contributed by atoms with E-state index in [9.17, 15) is 18.0 Å². The molecule has 0 spiro atoms. The largest absolute Gasteiger partial charge is 0.542 e. The number of rotatable bonds is 8. The summed E-state index contributed by atoms with van der Waals surface area (Å²) < 4.78 is 34.4. The van der Waals surface area contributed by atoms with Crippen molar-refractivity contribution in [1.82, 2.24) is 9.88 Å². The van der Waals surface area contributed by atoms with Gasteiger partial charge >= 0.3 is 6.18 Å². The van der Waals surface area contributed by atoms with Crippen LogP contribution in [0.4, 0.5) is 13.2 Å². The minimum absolute atomic E-state index is 0.0321. The van der Waals surface area contributed by atoms with Gasteiger partial charge in [0, 0.05) is 35.1 Å². The number of hydrogen-bond acceptors (Lipinski definition) is 4. The Morgan fingerprint density at radius 1 is 0.927 bits per heavy atom. The lowest BCUT2D eigenvalue weighted by atomic mass is 10.1. The molecule has 0 aliphatic carbocycles. The van der Waals surface area contributed by atoms with Gasteiger partial charge in [0.15, 0.2) is 0 Å². The lowest BCUT2D eigenvalue weighted by Crippen LogP contribution is -2.37. The van der Waals surface area contributed by atoms with Crippen molar-refractivity contribution in [1.29, 1.82) is 5.41 Å². The predicted molar refractivity (Wildman–Crippen MR) is 149 cm³/mol. The number of nitrogens with two attached hydrogens (primary N) is 1. The quantitative estimate of drug-likeness (QED) is 0.172. The van der Waals surface area contributed by atoms with Crippen molar-refractivity contribution < 1.29 is 32.3 Å². The normalized spacial score (nSPS) is 11.5. The standard InChI is InChI=1S/C28H31N5O.C2HF3O2/c1-33(2,3)19-21-13-11-20(12-14-21)17-31-28(34)26-16-23-8-4-5-10-25(23)32(26)18-22-7-6-9-24(15-22)27(29)30;3-2(4,5)1(6)7/h4-16H,17-19H2,1-3H3,(H3-,29,30,31,34);(H,6,7). The number of amides is 1. The molecule has 216 valence electrons. The maximum atomic E-state index is 13.2. The number of nitrogens with one attached hydrogen (secondary N) is 2. The second-order valence-electron chi connectivity index (χ2n) is 10.5. The molecule has 0 unspecified atom stereocenters. The Morgan fingerprint density at radius 2 is 1.54 bits per heavy atom. The first kappa shape index (κ1) is 30.9. The molecule has 4 rings (SSSR count). The molecular weight excluding hydrogens is 535 g/mol. The molecule has 0 fully saturated rings. The molecule has 4 N–H and O–H groups in total. The number of para-hydroxylation sites is 1. The summed E-state index contributed by atoms with van der Waals surface area (Å²) in [6.45, 7) is 1.93. The van der Waals surface area contributed by atoms with Gasteiger partial charge in [-0.1, -0.05) is 60.7 Å². The van der Waals surface area contributed by atoms with Crippen molar-refractivity contribution in [2.45, 2.75) is 25.8 Å². The van der Waals surface area contributed by atoms with Crippen LogP contribution in [0.15, 0.2) is 78.9 Å². The number of quaternary nitrogens is 1. The van der Waals surface area contributed by atoms with E-state index in [1.165, 1.54) is 5.56 Å². The van der Waals surface area contributed by atoms with Crippen LogP contribution in [0.5, 0.6) is 0 Å². The van der Waals surface area contributed by atoms with Crippen LogP contribution >= 0.6 is 0 Å². The highest BCUT2D eigenvalue weighted by Crippen LogP contribution is 2.22. The fraction of sp³-hybridized carbons (Fsp3) is 0.233. The zero-order valence-corrected chi connectivity index (χ0v) is 23.0. The second-order valence-corrected chi connectivity index (χ2v) is 10.5. The highest BCUT2D eigenvalue weighted by molar-refractivity contribution is 5.99. The van der Waals surface area contributed by atoms with E-state index < -0.39 is 12.1 Å². The van der Waals surface area contributed by atoms with Gasteiger partial charge in [0.1, 0.15) is 24.0 Å². The maximum absolute atomic E-state index is 13.2. The van der Waals surface area contributed by atoms with Gasteiger partial charge in [-0.2, -0.15) is 13.2 Å². The first-order chi connectivity index (χ1) is 19.1. The number of aromatic nitrogens is 1. The Kier molecular flexibility index (Phi) is 9.56. The van der Waals surface area contributed by atoms with E-state index in [4.69, 9.17) is 21.0 Å². The molecule has 1 aromatic heterocycles. The minimum atomic E-state index is -5.19. The summed E-state index contributed by atoms with van der Waals surface area (Å²) in [4.78, 5) is 22.0. The number of nitrogens with zero attached hydrogens (tertiary/aromatic N) is 2. The van der Waals surface area contributed by atoms with Crippen molar-refractivity contribution >= 4 is 28.6 Å². The molecule has 0 atom stereocenters. The van der Waals surface area contributed by atoms with Gasteiger partial charge in [0.05, 0.1) is 21.1 Å². The van der Waals surface area contributed by atoms with E-state index in [0.29, 0.717) is 24.3 Å². The van der Waals surface area contributed by atoms with Gasteiger partial charge in [-0.3, -0.25) is 10.2 Å². The highest BCUT2D eigenvalue weighted by atomic mass is 19.4. The average Bonchev–Trinajstić information content (AvgIpc) is 3.25. The maximum Gasteiger partial charge on any atom is 0.430 e. The Labute approximate surface area is 235 Å². The number of carbonyl (C=O) groups excluding carboxylic acids is 2. The molecule has 0 aliphatic heterocycles. The van der Waals surface area contributed by atoms with Crippen LogP contribution < -0.4 is 16.2 Å². The number of fused-ring (bicyclic) bond motifs is 1. The fourth-order valence-electron chi connectivity index (χ4n) is 4.17. The molecule has 4 aromatic rings. The smallest absolute Gasteiger partial charge is 0.430 e. The average molecular weight is 568 g/mol. The van der Waals surface area contributed by atoms with Crippen molar-refractivity contribution in [2.75, 3.05) is 21.1 Å². The van der Waals surface area contributed by atoms with Gasteiger partial charge in [-0.25, -0.2) is 0 Å². The lowest BCUT2D eigenvalue weighted by Gasteiger charge is -2.23. The first-order valence-electron chi connectivity index (χ1n) is 12.6. The van der Waals surface area contributed by atoms with E-state index in [0.717, 1.165) is 33.1 Å². The van der Waals surface area contributed by atoms with Crippen LogP contribution in [0.25, 0.3) is 10.9 Å². The molecule has 0 radical (unpaired) electrons. The molecule has 0 saturated heterocycles. The summed E-state index contributed by atoms with van der Waals surface area (Å²) in [5.74, 6) is -3.09. The summed E-state index contributed by atoms with van der Waals surface area (Å²) in [6, 6.07) is 25.9. The summed E-state index contributed by atoms with van der Waals surface area (Å²) in [5, 5.41) is 20.6. The summed E-state index contributed by atoms with van der Waals surface area (Å²) in [5.41, 5.74) is 11.3. The highest BCUT2D eigenvalue weighted by Gasteiger charge is 2.28. The van der Waals surface area contributed by atoms with Crippen molar-refractivity contribution in [3.05, 3.63) is 107 Å². The van der Waals surface area contributed by atoms with E-state index in [2.05, 4.69) is 50.7 Å². The van der Waals surface area contributed by atoms with Crippen LogP contribution in [-0.2, 0) is 24.4 Å². The first-order valence-corrected chi connectivity index (χ1v) is 12.6. The topological polar surface area (TPSA) is 124 Å². The number of nitrogen functional groups attached to an aromatic ring is 1. The van der Waals surface area contributed by atoms with Crippen molar-refractivity contribution in [3.63, 3.8) is 0 Å². The molecule has 1 amide bonds. The lowest BCUT2D eigenvalue weighted by molar-refractivity contribution is -0.884. The van der Waals surface area contributed by atoms with Crippen LogP contribution in [0.3, 0.4) is 0 Å². The summed E-state index contributed by atoms with van der Waals surface area (Å²) in [7, 11) is 6.51. The number of aliphatic carboxylic acids is 1. The van der Waals surface area contributed by atoms with E-state index in [1.807, 2.05) is 59.2 Å². The van der Waals surface area contributed by atoms with Gasteiger partial charge in [-0.05, 0) is 29.3 Å². The van der Waals surface area contributed by atoms with Gasteiger partial charge in [-0.15, -0.1) is 0 Å². The summed E-state index contributed by atoms with van der Waals surface area (Å²) in [6.07, 6.45) is -5.19. The number of carboxylic acids is 1. The number of amidine groups is 1. The zero-order valence-electron chi connectivity index (χ0n) is 23.0. The third-order valence-corrected chi connectivity index (χ3v) is 5.99. The number of carboxylic acid groups (broad SMARTS) is 1. The van der Waals surface area contributed by atoms with Gasteiger partial charge in [0.25, 0.3) is 5.91 Å². The van der Waals surface area contributed by atoms with Crippen LogP contribution in [-0.4, -0.2) is 54.1 Å². The van der Waals surface area contributed by atoms with Crippen LogP contribution in [0.2, 0.25) is 0 Å². The molecule has 3 aromatic carbocycles. The molecule has 41 heavy (non-hydrogen) atoms. The molecule has 0 aliphatic rings. The Balaban J connectivity index is 0.000000587. The molecule has 11 heteroatoms. The summed E-state index contributed by atoms with van der Waals surface area (Å²) >= 11 is 0. The number of benzene rings is 3. The zero-order chi connectivity index (χ0) is 30.4. The molecular formula is C30H32F3N5O3. The molecule has 0 saturated carbocycles. The molecule has 1 heterocycles. The van der Waals surface area contributed by atoms with E-state index in [-0.39, 0.29) is 11.7 Å². The Bertz CT molecular complexity index is 1540. The third-order valence-electron chi connectivity index (χ3n) is 5.99. The predicted octanol–water partition coefficient (Wildman–Crippen LogP) is 3.41. The van der Waals surface area contributed by atoms with Crippen molar-refractivity contribution in [2.24, 2.45) is 5.73 Å². The monoisotopic (exact) mass is 567 g/mol. The Morgan fingerprint density at radius 3 is 2.12 bits per heavy atom. The van der Waals surface area contributed by atoms with Crippen LogP contribution in [0.1, 0.15) is 32.7 Å². The number of alkyl halides is 3. The minimum Gasteiger partial charge on any atom is -0.542 e. The van der Waals surface area contributed by atoms with Gasteiger partial charge < -0.3 is 30.0 Å². The number of hydrogen-bond donors (Lipinski definition) is 3. The van der Waals surface area contributed by atoms with Crippen molar-refractivity contribution in [3.8, 4) is 0 Å². The number of carbonyl (C=O) groups is 2. The second kappa shape index (κ2) is 12.7. The molecule has 8 nitrogen and oxygen atoms in total. The fourth-order valence-corrected chi connectivity index (χ4v) is 4.17. The third kappa shape index (κ3) is 8.94.